The highest BCUT2D eigenvalue weighted by molar-refractivity contribution is 6.20. The van der Waals surface area contributed by atoms with Crippen molar-refractivity contribution in [1.29, 1.82) is 0 Å². The lowest BCUT2D eigenvalue weighted by Gasteiger charge is -2.26. The number of nitrogens with zero attached hydrogens (tertiary/aromatic N) is 5. The van der Waals surface area contributed by atoms with Gasteiger partial charge in [0, 0.05) is 45.9 Å². The van der Waals surface area contributed by atoms with Crippen LogP contribution in [0.15, 0.2) is 237 Å². The number of pyridine rings is 1. The van der Waals surface area contributed by atoms with E-state index >= 15 is 0 Å². The molecule has 0 aliphatic heterocycles. The maximum atomic E-state index is 9.38. The first-order valence-electron chi connectivity index (χ1n) is 30.0. The third-order valence-corrected chi connectivity index (χ3v) is 15.6. The fourth-order valence-electron chi connectivity index (χ4n) is 11.3. The standard InChI is InChI=1S/C74H66N5O/c1-72(2,3)53-38-39-75-68(45-53)79-67-47-58(36-37-63(67)70-71(79)62-30-19-20-33-64(62)78(70)56-28-17-12-18-29-56)80-59-43-51(49-24-13-10-14-25-49)42-57(46-59)76-48-77(66-35-22-21-34-65(66)76)69-60(50-26-15-11-16-27-50)31-23-32-61(69)52-40-54(73(4,5)6)44-55(41-52)74(7,8)9/h10-48H,1-9H3/q+1/i11D,15D,16D,26D,27D. The van der Waals surface area contributed by atoms with Gasteiger partial charge in [-0.05, 0) is 122 Å². The average molecular weight is 1050 g/mol. The predicted octanol–water partition coefficient (Wildman–Crippen LogP) is 19.0. The van der Waals surface area contributed by atoms with Crippen LogP contribution in [0.1, 0.15) is 85.9 Å². The van der Waals surface area contributed by atoms with E-state index in [1.54, 1.807) is 0 Å². The van der Waals surface area contributed by atoms with Gasteiger partial charge in [-0.1, -0.05) is 208 Å². The van der Waals surface area contributed by atoms with Crippen LogP contribution in [0.2, 0.25) is 0 Å². The minimum atomic E-state index is -0.439. The van der Waals surface area contributed by atoms with Gasteiger partial charge in [0.15, 0.2) is 11.0 Å². The molecule has 0 radical (unpaired) electrons. The van der Waals surface area contributed by atoms with Crippen molar-refractivity contribution in [1.82, 2.24) is 18.7 Å². The summed E-state index contributed by atoms with van der Waals surface area (Å²) in [6.07, 6.45) is 3.97. The van der Waals surface area contributed by atoms with Gasteiger partial charge in [0.1, 0.15) is 28.7 Å². The molecule has 0 saturated carbocycles. The molecule has 0 spiro atoms. The average Bonchev–Trinajstić information content (AvgIpc) is 1.64. The lowest BCUT2D eigenvalue weighted by Crippen LogP contribution is -2.31. The van der Waals surface area contributed by atoms with Gasteiger partial charge in [0.05, 0.1) is 28.9 Å². The SMILES string of the molecule is [2H]c1c([2H])c([2H])c(-c2cccc(-c3cc(C(C)(C)C)cc(C(C)(C)C)c3)c2-[n+]2cn(-c3cc(Oc4ccc5c(c4)n(-c4cc(C(C)(C)C)ccn4)c4c6ccccc6n(-c6ccccc6)c54)cc(-c4ccccc4)c3)c3ccccc32)c([2H])c1[2H]. The molecule has 0 atom stereocenters. The molecule has 4 aromatic heterocycles. The van der Waals surface area contributed by atoms with Crippen LogP contribution >= 0.6 is 0 Å². The number of ether oxygens (including phenoxy) is 1. The first-order chi connectivity index (χ1) is 40.6. The molecule has 13 aromatic rings. The van der Waals surface area contributed by atoms with Crippen LogP contribution < -0.4 is 9.30 Å². The van der Waals surface area contributed by atoms with E-state index in [0.717, 1.165) is 94.4 Å². The van der Waals surface area contributed by atoms with E-state index in [1.807, 2.05) is 48.7 Å². The largest absolute Gasteiger partial charge is 0.457 e. The summed E-state index contributed by atoms with van der Waals surface area (Å²) in [6, 6.07) is 65.6. The van der Waals surface area contributed by atoms with E-state index in [9.17, 15) is 2.74 Å². The number of aromatic nitrogens is 5. The Morgan fingerprint density at radius 1 is 0.438 bits per heavy atom. The zero-order valence-electron chi connectivity index (χ0n) is 51.8. The number of para-hydroxylation sites is 5. The second-order valence-corrected chi connectivity index (χ2v) is 24.1. The van der Waals surface area contributed by atoms with Gasteiger partial charge < -0.3 is 9.30 Å². The van der Waals surface area contributed by atoms with Crippen molar-refractivity contribution < 1.29 is 16.2 Å². The molecule has 9 aromatic carbocycles. The fraction of sp³-hybridized carbons (Fsp3) is 0.162. The van der Waals surface area contributed by atoms with Gasteiger partial charge in [0.25, 0.3) is 6.33 Å². The van der Waals surface area contributed by atoms with Crippen LogP contribution in [-0.2, 0) is 16.2 Å². The smallest absolute Gasteiger partial charge is 0.255 e. The Labute approximate surface area is 476 Å². The number of benzene rings is 9. The summed E-state index contributed by atoms with van der Waals surface area (Å²) < 4.78 is 61.3. The molecule has 13 rings (SSSR count). The summed E-state index contributed by atoms with van der Waals surface area (Å²) in [5.41, 5.74) is 15.8. The van der Waals surface area contributed by atoms with Crippen molar-refractivity contribution in [3.05, 3.63) is 254 Å². The van der Waals surface area contributed by atoms with Crippen molar-refractivity contribution in [2.24, 2.45) is 0 Å². The molecule has 0 N–H and O–H groups in total. The third-order valence-electron chi connectivity index (χ3n) is 15.6. The Morgan fingerprint density at radius 2 is 1.06 bits per heavy atom. The number of fused-ring (bicyclic) bond motifs is 6. The quantitative estimate of drug-likeness (QED) is 0.135. The zero-order valence-corrected chi connectivity index (χ0v) is 46.8. The van der Waals surface area contributed by atoms with Crippen molar-refractivity contribution in [3.63, 3.8) is 0 Å². The van der Waals surface area contributed by atoms with E-state index in [0.29, 0.717) is 22.7 Å². The Kier molecular flexibility index (Phi) is 10.8. The van der Waals surface area contributed by atoms with Crippen LogP contribution in [0.5, 0.6) is 11.5 Å². The maximum Gasteiger partial charge on any atom is 0.255 e. The van der Waals surface area contributed by atoms with Gasteiger partial charge in [0.2, 0.25) is 0 Å². The summed E-state index contributed by atoms with van der Waals surface area (Å²) >= 11 is 0. The van der Waals surface area contributed by atoms with Crippen LogP contribution in [0.4, 0.5) is 0 Å². The molecule has 0 fully saturated rings. The molecular formula is C74H66N5O+. The highest BCUT2D eigenvalue weighted by Gasteiger charge is 2.29. The molecular weight excluding hydrogens is 975 g/mol. The maximum absolute atomic E-state index is 9.38. The van der Waals surface area contributed by atoms with E-state index in [1.165, 1.54) is 5.56 Å². The minimum absolute atomic E-state index is 0.123. The highest BCUT2D eigenvalue weighted by Crippen LogP contribution is 2.44. The minimum Gasteiger partial charge on any atom is -0.457 e. The van der Waals surface area contributed by atoms with Crippen LogP contribution in [0.25, 0.3) is 100 Å². The Morgan fingerprint density at radius 3 is 1.77 bits per heavy atom. The van der Waals surface area contributed by atoms with Gasteiger partial charge in [-0.15, -0.1) is 0 Å². The fourth-order valence-corrected chi connectivity index (χ4v) is 11.3. The van der Waals surface area contributed by atoms with E-state index in [4.69, 9.17) is 13.8 Å². The molecule has 6 heteroatoms. The number of rotatable bonds is 9. The van der Waals surface area contributed by atoms with Crippen molar-refractivity contribution in [2.75, 3.05) is 0 Å². The molecule has 0 saturated heterocycles. The monoisotopic (exact) mass is 1050 g/mol. The highest BCUT2D eigenvalue weighted by atomic mass is 16.5. The van der Waals surface area contributed by atoms with Crippen LogP contribution in [-0.4, -0.2) is 18.7 Å². The molecule has 0 bridgehead atoms. The first kappa shape index (κ1) is 44.7. The van der Waals surface area contributed by atoms with Gasteiger partial charge in [-0.25, -0.2) is 4.98 Å². The van der Waals surface area contributed by atoms with Crippen LogP contribution in [0, 0.1) is 0 Å². The Hall–Kier alpha value is -9.26. The lowest BCUT2D eigenvalue weighted by atomic mass is 9.78. The van der Waals surface area contributed by atoms with Gasteiger partial charge in [-0.2, -0.15) is 9.13 Å². The number of hydrogen-bond donors (Lipinski definition) is 0. The lowest BCUT2D eigenvalue weighted by molar-refractivity contribution is -0.566. The third kappa shape index (κ3) is 8.95. The van der Waals surface area contributed by atoms with E-state index < -0.39 is 18.1 Å². The van der Waals surface area contributed by atoms with Crippen molar-refractivity contribution >= 4 is 43.9 Å². The molecule has 80 heavy (non-hydrogen) atoms. The Bertz CT molecular complexity index is 4740. The summed E-state index contributed by atoms with van der Waals surface area (Å²) in [7, 11) is 0. The summed E-state index contributed by atoms with van der Waals surface area (Å²) in [6.45, 7) is 20.0. The molecule has 0 unspecified atom stereocenters. The zero-order chi connectivity index (χ0) is 59.4. The molecule has 6 nitrogen and oxygen atoms in total. The normalized spacial score (nSPS) is 13.2. The summed E-state index contributed by atoms with van der Waals surface area (Å²) in [5, 5.41) is 2.16. The predicted molar refractivity (Wildman–Crippen MR) is 333 cm³/mol. The number of imidazole rings is 1. The molecule has 0 amide bonds. The molecule has 392 valence electrons. The van der Waals surface area contributed by atoms with E-state index in [-0.39, 0.29) is 33.9 Å². The Balaban J connectivity index is 1.04. The topological polar surface area (TPSA) is 40.8 Å². The van der Waals surface area contributed by atoms with Crippen molar-refractivity contribution in [2.45, 2.75) is 78.6 Å². The first-order valence-corrected chi connectivity index (χ1v) is 27.5. The van der Waals surface area contributed by atoms with Crippen LogP contribution in [0.3, 0.4) is 0 Å². The van der Waals surface area contributed by atoms with Gasteiger partial charge in [-0.3, -0.25) is 4.57 Å². The number of hydrogen-bond acceptors (Lipinski definition) is 2. The molecule has 0 aliphatic rings. The van der Waals surface area contributed by atoms with Crippen molar-refractivity contribution in [3.8, 4) is 67.8 Å². The second kappa shape index (κ2) is 19.3. The molecule has 0 aliphatic carbocycles. The molecule has 4 heterocycles. The van der Waals surface area contributed by atoms with Gasteiger partial charge >= 0.3 is 0 Å². The van der Waals surface area contributed by atoms with E-state index in [2.05, 4.69) is 239 Å². The summed E-state index contributed by atoms with van der Waals surface area (Å²) in [4.78, 5) is 5.09. The summed E-state index contributed by atoms with van der Waals surface area (Å²) in [5.74, 6) is 2.07. The second-order valence-electron chi connectivity index (χ2n) is 24.1.